The number of hydrogen-bond acceptors (Lipinski definition) is 1. The van der Waals surface area contributed by atoms with E-state index in [4.69, 9.17) is 5.73 Å². The van der Waals surface area contributed by atoms with Crippen molar-refractivity contribution in [2.24, 2.45) is 5.73 Å². The van der Waals surface area contributed by atoms with Gasteiger partial charge in [0.25, 0.3) is 0 Å². The summed E-state index contributed by atoms with van der Waals surface area (Å²) in [5.41, 5.74) is 10.4. The fourth-order valence-electron chi connectivity index (χ4n) is 3.27. The Labute approximate surface area is 119 Å². The highest BCUT2D eigenvalue weighted by Gasteiger charge is 2.25. The van der Waals surface area contributed by atoms with E-state index in [1.807, 2.05) is 12.1 Å². The normalized spacial score (nSPS) is 19.4. The van der Waals surface area contributed by atoms with Crippen LogP contribution in [0, 0.1) is 5.82 Å². The number of rotatable bonds is 3. The first-order chi connectivity index (χ1) is 9.74. The van der Waals surface area contributed by atoms with Crippen molar-refractivity contribution in [2.75, 3.05) is 0 Å². The van der Waals surface area contributed by atoms with Crippen LogP contribution >= 0.6 is 0 Å². The smallest absolute Gasteiger partial charge is 0.123 e. The zero-order valence-electron chi connectivity index (χ0n) is 11.6. The molecule has 0 heterocycles. The summed E-state index contributed by atoms with van der Waals surface area (Å²) in [6.45, 7) is 0. The van der Waals surface area contributed by atoms with E-state index in [0.29, 0.717) is 5.92 Å². The fourth-order valence-corrected chi connectivity index (χ4v) is 3.27. The van der Waals surface area contributed by atoms with Gasteiger partial charge in [0.1, 0.15) is 5.82 Å². The van der Waals surface area contributed by atoms with Crippen molar-refractivity contribution in [1.29, 1.82) is 0 Å². The summed E-state index contributed by atoms with van der Waals surface area (Å²) in [7, 11) is 0. The average Bonchev–Trinajstić information content (AvgIpc) is 2.49. The van der Waals surface area contributed by atoms with Gasteiger partial charge in [-0.1, -0.05) is 36.4 Å². The maximum absolute atomic E-state index is 12.9. The van der Waals surface area contributed by atoms with Gasteiger partial charge in [-0.2, -0.15) is 0 Å². The summed E-state index contributed by atoms with van der Waals surface area (Å²) in [4.78, 5) is 0. The Balaban J connectivity index is 1.78. The third kappa shape index (κ3) is 2.75. The lowest BCUT2D eigenvalue weighted by molar-refractivity contribution is 0.460. The molecule has 0 amide bonds. The second-order valence-electron chi connectivity index (χ2n) is 5.69. The second-order valence-corrected chi connectivity index (χ2v) is 5.69. The minimum atomic E-state index is -0.190. The Kier molecular flexibility index (Phi) is 3.83. The molecule has 1 nitrogen and oxygen atoms in total. The molecule has 1 aliphatic rings. The zero-order chi connectivity index (χ0) is 13.9. The molecule has 0 bridgehead atoms. The van der Waals surface area contributed by atoms with Crippen molar-refractivity contribution in [2.45, 2.75) is 37.6 Å². The van der Waals surface area contributed by atoms with Gasteiger partial charge in [0.05, 0.1) is 0 Å². The molecule has 0 radical (unpaired) electrons. The minimum Gasteiger partial charge on any atom is -0.327 e. The summed E-state index contributed by atoms with van der Waals surface area (Å²) in [6.07, 6.45) is 4.33. The second kappa shape index (κ2) is 5.76. The SMILES string of the molecule is NC(Cc1ccc(F)cc1)C1CCCc2ccccc21. The van der Waals surface area contributed by atoms with Gasteiger partial charge in [-0.25, -0.2) is 4.39 Å². The molecule has 0 spiro atoms. The molecule has 2 N–H and O–H groups in total. The van der Waals surface area contributed by atoms with Gasteiger partial charge in [0.2, 0.25) is 0 Å². The van der Waals surface area contributed by atoms with Gasteiger partial charge >= 0.3 is 0 Å². The third-order valence-corrected chi connectivity index (χ3v) is 4.32. The van der Waals surface area contributed by atoms with Crippen LogP contribution in [0.5, 0.6) is 0 Å². The quantitative estimate of drug-likeness (QED) is 0.900. The van der Waals surface area contributed by atoms with E-state index in [1.54, 1.807) is 0 Å². The predicted octanol–water partition coefficient (Wildman–Crippen LogP) is 3.82. The Bertz CT molecular complexity index is 576. The highest BCUT2D eigenvalue weighted by atomic mass is 19.1. The van der Waals surface area contributed by atoms with Crippen LogP contribution in [0.3, 0.4) is 0 Å². The van der Waals surface area contributed by atoms with Gasteiger partial charge in [0, 0.05) is 6.04 Å². The minimum absolute atomic E-state index is 0.0990. The van der Waals surface area contributed by atoms with Gasteiger partial charge < -0.3 is 5.73 Å². The van der Waals surface area contributed by atoms with Crippen LogP contribution in [0.4, 0.5) is 4.39 Å². The van der Waals surface area contributed by atoms with E-state index >= 15 is 0 Å². The van der Waals surface area contributed by atoms with Crippen LogP contribution < -0.4 is 5.73 Å². The monoisotopic (exact) mass is 269 g/mol. The molecular formula is C18H20FN. The molecule has 0 saturated carbocycles. The number of hydrogen-bond donors (Lipinski definition) is 1. The zero-order valence-corrected chi connectivity index (χ0v) is 11.6. The molecule has 2 heteroatoms. The Morgan fingerprint density at radius 2 is 1.85 bits per heavy atom. The third-order valence-electron chi connectivity index (χ3n) is 4.32. The van der Waals surface area contributed by atoms with E-state index < -0.39 is 0 Å². The fraction of sp³-hybridized carbons (Fsp3) is 0.333. The number of halogens is 1. The highest BCUT2D eigenvalue weighted by molar-refractivity contribution is 5.34. The Morgan fingerprint density at radius 1 is 1.10 bits per heavy atom. The summed E-state index contributed by atoms with van der Waals surface area (Å²) < 4.78 is 12.9. The molecule has 0 saturated heterocycles. The van der Waals surface area contributed by atoms with Crippen molar-refractivity contribution in [3.8, 4) is 0 Å². The molecular weight excluding hydrogens is 249 g/mol. The molecule has 2 aromatic carbocycles. The van der Waals surface area contributed by atoms with Crippen molar-refractivity contribution >= 4 is 0 Å². The maximum atomic E-state index is 12.9. The van der Waals surface area contributed by atoms with E-state index in [9.17, 15) is 4.39 Å². The highest BCUT2D eigenvalue weighted by Crippen LogP contribution is 2.34. The van der Waals surface area contributed by atoms with Crippen molar-refractivity contribution in [1.82, 2.24) is 0 Å². The van der Waals surface area contributed by atoms with Crippen molar-refractivity contribution in [3.63, 3.8) is 0 Å². The van der Waals surface area contributed by atoms with Crippen LogP contribution in [0.15, 0.2) is 48.5 Å². The number of aryl methyl sites for hydroxylation is 1. The first-order valence-electron chi connectivity index (χ1n) is 7.32. The first kappa shape index (κ1) is 13.3. The van der Waals surface area contributed by atoms with Crippen LogP contribution in [-0.4, -0.2) is 6.04 Å². The van der Waals surface area contributed by atoms with Crippen LogP contribution in [0.2, 0.25) is 0 Å². The van der Waals surface area contributed by atoms with Gasteiger partial charge in [-0.05, 0) is 60.4 Å². The Hall–Kier alpha value is -1.67. The lowest BCUT2D eigenvalue weighted by Gasteiger charge is -2.30. The summed E-state index contributed by atoms with van der Waals surface area (Å²) in [5.74, 6) is 0.232. The van der Waals surface area contributed by atoms with E-state index in [-0.39, 0.29) is 11.9 Å². The topological polar surface area (TPSA) is 26.0 Å². The average molecular weight is 269 g/mol. The molecule has 3 rings (SSSR count). The lowest BCUT2D eigenvalue weighted by atomic mass is 9.77. The molecule has 0 aliphatic heterocycles. The van der Waals surface area contributed by atoms with E-state index in [0.717, 1.165) is 24.8 Å². The molecule has 2 unspecified atom stereocenters. The maximum Gasteiger partial charge on any atom is 0.123 e. The van der Waals surface area contributed by atoms with Gasteiger partial charge in [-0.3, -0.25) is 0 Å². The molecule has 2 aromatic rings. The standard InChI is InChI=1S/C18H20FN/c19-15-10-8-13(9-11-15)12-18(20)17-7-3-5-14-4-1-2-6-16(14)17/h1-2,4,6,8-11,17-18H,3,5,7,12,20H2. The predicted molar refractivity (Wildman–Crippen MR) is 80.2 cm³/mol. The van der Waals surface area contributed by atoms with Gasteiger partial charge in [0.15, 0.2) is 0 Å². The molecule has 20 heavy (non-hydrogen) atoms. The largest absolute Gasteiger partial charge is 0.327 e. The summed E-state index contributed by atoms with van der Waals surface area (Å²) in [6, 6.07) is 15.4. The van der Waals surface area contributed by atoms with Crippen molar-refractivity contribution < 1.29 is 4.39 Å². The van der Waals surface area contributed by atoms with E-state index in [1.165, 1.54) is 29.7 Å². The lowest BCUT2D eigenvalue weighted by Crippen LogP contribution is -2.33. The van der Waals surface area contributed by atoms with Crippen molar-refractivity contribution in [3.05, 3.63) is 71.0 Å². The number of nitrogens with two attached hydrogens (primary N) is 1. The molecule has 2 atom stereocenters. The summed E-state index contributed by atoms with van der Waals surface area (Å²) >= 11 is 0. The molecule has 104 valence electrons. The Morgan fingerprint density at radius 3 is 2.65 bits per heavy atom. The summed E-state index contributed by atoms with van der Waals surface area (Å²) in [5, 5.41) is 0. The van der Waals surface area contributed by atoms with Crippen LogP contribution in [0.25, 0.3) is 0 Å². The number of fused-ring (bicyclic) bond motifs is 1. The van der Waals surface area contributed by atoms with Crippen LogP contribution in [0.1, 0.15) is 35.4 Å². The molecule has 0 aromatic heterocycles. The van der Waals surface area contributed by atoms with Crippen LogP contribution in [-0.2, 0) is 12.8 Å². The number of benzene rings is 2. The first-order valence-corrected chi connectivity index (χ1v) is 7.32. The molecule has 1 aliphatic carbocycles. The van der Waals surface area contributed by atoms with E-state index in [2.05, 4.69) is 24.3 Å². The molecule has 0 fully saturated rings. The van der Waals surface area contributed by atoms with Gasteiger partial charge in [-0.15, -0.1) is 0 Å².